The summed E-state index contributed by atoms with van der Waals surface area (Å²) in [5.41, 5.74) is 2.40. The number of carbonyl (C=O) groups is 1. The first-order chi connectivity index (χ1) is 16.5. The Balaban J connectivity index is 1.48. The predicted molar refractivity (Wildman–Crippen MR) is 134 cm³/mol. The summed E-state index contributed by atoms with van der Waals surface area (Å²) in [5.74, 6) is -0.271. The van der Waals surface area contributed by atoms with Gasteiger partial charge in [-0.1, -0.05) is 62.2 Å². The van der Waals surface area contributed by atoms with Crippen molar-refractivity contribution in [3.05, 3.63) is 75.7 Å². The molecule has 1 amide bonds. The third kappa shape index (κ3) is 5.90. The number of hydrogen-bond acceptors (Lipinski definition) is 5. The van der Waals surface area contributed by atoms with Crippen LogP contribution in [0.1, 0.15) is 54.7 Å². The first-order valence-corrected chi connectivity index (χ1v) is 12.2. The van der Waals surface area contributed by atoms with E-state index in [4.69, 9.17) is 4.74 Å². The van der Waals surface area contributed by atoms with Crippen molar-refractivity contribution in [1.29, 1.82) is 0 Å². The molecular weight excluding hydrogens is 428 g/mol. The molecule has 0 bridgehead atoms. The van der Waals surface area contributed by atoms with E-state index < -0.39 is 0 Å². The smallest absolute Gasteiger partial charge is 0.274 e. The number of rotatable bonds is 9. The van der Waals surface area contributed by atoms with Gasteiger partial charge < -0.3 is 10.1 Å². The van der Waals surface area contributed by atoms with Gasteiger partial charge in [0.1, 0.15) is 0 Å². The van der Waals surface area contributed by atoms with Crippen LogP contribution in [0.4, 0.5) is 0 Å². The lowest BCUT2D eigenvalue weighted by molar-refractivity contribution is -0.0212. The van der Waals surface area contributed by atoms with E-state index in [1.165, 1.54) is 10.2 Å². The largest absolute Gasteiger partial charge is 0.376 e. The second-order valence-corrected chi connectivity index (χ2v) is 9.05. The Hall–Kier alpha value is -3.03. The monoisotopic (exact) mass is 462 g/mol. The highest BCUT2D eigenvalue weighted by Gasteiger charge is 2.18. The molecule has 2 heterocycles. The van der Waals surface area contributed by atoms with Crippen LogP contribution in [0, 0.1) is 0 Å². The van der Waals surface area contributed by atoms with Gasteiger partial charge in [-0.25, -0.2) is 4.68 Å². The molecule has 2 aromatic carbocycles. The lowest BCUT2D eigenvalue weighted by atomic mass is 10.1. The summed E-state index contributed by atoms with van der Waals surface area (Å²) in [6, 6.07) is 15.5. The summed E-state index contributed by atoms with van der Waals surface area (Å²) in [5, 5.41) is 8.59. The van der Waals surface area contributed by atoms with Crippen molar-refractivity contribution >= 4 is 16.7 Å². The number of fused-ring (bicyclic) bond motifs is 1. The number of benzene rings is 2. The van der Waals surface area contributed by atoms with E-state index in [0.717, 1.165) is 51.1 Å². The van der Waals surface area contributed by atoms with E-state index in [1.807, 2.05) is 24.3 Å². The minimum absolute atomic E-state index is 0.145. The first-order valence-electron chi connectivity index (χ1n) is 12.2. The topological polar surface area (TPSA) is 76.5 Å². The van der Waals surface area contributed by atoms with Gasteiger partial charge in [0.05, 0.1) is 18.1 Å². The molecule has 1 saturated heterocycles. The van der Waals surface area contributed by atoms with E-state index in [0.29, 0.717) is 29.6 Å². The minimum atomic E-state index is -0.271. The molecule has 1 atom stereocenters. The molecule has 0 aliphatic carbocycles. The highest BCUT2D eigenvalue weighted by Crippen LogP contribution is 2.15. The third-order valence-electron chi connectivity index (χ3n) is 6.23. The Morgan fingerprint density at radius 1 is 1.12 bits per heavy atom. The van der Waals surface area contributed by atoms with Crippen molar-refractivity contribution in [3.63, 3.8) is 0 Å². The molecule has 0 radical (unpaired) electrons. The van der Waals surface area contributed by atoms with Crippen LogP contribution in [0.5, 0.6) is 0 Å². The molecule has 3 aromatic rings. The van der Waals surface area contributed by atoms with Crippen molar-refractivity contribution in [1.82, 2.24) is 20.0 Å². The summed E-state index contributed by atoms with van der Waals surface area (Å²) in [6.07, 6.45) is 3.18. The molecule has 0 spiro atoms. The standard InChI is InChI=1S/C27H34N4O3/c1-3-4-7-13-31-27(33)24-12-6-5-11-23(24)25(29-31)26(32)28-17-21-9-8-10-22(16-21)19-30-14-15-34-20(2)18-30/h5-6,8-12,16,20H,3-4,7,13-15,17-19H2,1-2H3,(H,28,32). The van der Waals surface area contributed by atoms with Crippen LogP contribution in [0.2, 0.25) is 0 Å². The number of carbonyl (C=O) groups excluding carboxylic acids is 1. The minimum Gasteiger partial charge on any atom is -0.376 e. The highest BCUT2D eigenvalue weighted by atomic mass is 16.5. The molecule has 1 aliphatic rings. The number of morpholine rings is 1. The van der Waals surface area contributed by atoms with Gasteiger partial charge in [-0.2, -0.15) is 5.10 Å². The third-order valence-corrected chi connectivity index (χ3v) is 6.23. The Morgan fingerprint density at radius 2 is 1.91 bits per heavy atom. The van der Waals surface area contributed by atoms with Crippen molar-refractivity contribution in [2.75, 3.05) is 19.7 Å². The first kappa shape index (κ1) is 24.1. The van der Waals surface area contributed by atoms with Gasteiger partial charge in [0.2, 0.25) is 0 Å². The number of hydrogen-bond donors (Lipinski definition) is 1. The van der Waals surface area contributed by atoms with Crippen LogP contribution in [-0.2, 0) is 24.4 Å². The molecule has 0 saturated carbocycles. The molecule has 1 aliphatic heterocycles. The molecule has 7 nitrogen and oxygen atoms in total. The SMILES string of the molecule is CCCCCn1nc(C(=O)NCc2cccc(CN3CCOC(C)C3)c2)c2ccccc2c1=O. The maximum Gasteiger partial charge on any atom is 0.274 e. The fourth-order valence-corrected chi connectivity index (χ4v) is 4.46. The predicted octanol–water partition coefficient (Wildman–Crippen LogP) is 3.74. The van der Waals surface area contributed by atoms with E-state index in [-0.39, 0.29) is 17.6 Å². The fraction of sp³-hybridized carbons (Fsp3) is 0.444. The number of nitrogens with zero attached hydrogens (tertiary/aromatic N) is 3. The molecule has 4 rings (SSSR count). The van der Waals surface area contributed by atoms with Crippen LogP contribution in [0.15, 0.2) is 53.3 Å². The Labute approximate surface area is 200 Å². The summed E-state index contributed by atoms with van der Waals surface area (Å²) in [7, 11) is 0. The summed E-state index contributed by atoms with van der Waals surface area (Å²) < 4.78 is 7.07. The molecule has 7 heteroatoms. The molecule has 180 valence electrons. The maximum atomic E-state index is 13.2. The second kappa shape index (κ2) is 11.4. The van der Waals surface area contributed by atoms with Gasteiger partial charge in [0.25, 0.3) is 11.5 Å². The number of aromatic nitrogens is 2. The van der Waals surface area contributed by atoms with E-state index >= 15 is 0 Å². The van der Waals surface area contributed by atoms with Crippen LogP contribution in [0.25, 0.3) is 10.8 Å². The fourth-order valence-electron chi connectivity index (χ4n) is 4.46. The zero-order chi connectivity index (χ0) is 23.9. The van der Waals surface area contributed by atoms with Crippen LogP contribution >= 0.6 is 0 Å². The highest BCUT2D eigenvalue weighted by molar-refractivity contribution is 6.04. The van der Waals surface area contributed by atoms with E-state index in [1.54, 1.807) is 12.1 Å². The lowest BCUT2D eigenvalue weighted by Crippen LogP contribution is -2.40. The summed E-state index contributed by atoms with van der Waals surface area (Å²) >= 11 is 0. The quantitative estimate of drug-likeness (QED) is 0.490. The van der Waals surface area contributed by atoms with Gasteiger partial charge in [-0.15, -0.1) is 0 Å². The van der Waals surface area contributed by atoms with Crippen LogP contribution in [-0.4, -0.2) is 46.4 Å². The molecule has 1 fully saturated rings. The molecular formula is C27H34N4O3. The van der Waals surface area contributed by atoms with Crippen LogP contribution in [0.3, 0.4) is 0 Å². The number of ether oxygens (including phenoxy) is 1. The summed E-state index contributed by atoms with van der Waals surface area (Å²) in [4.78, 5) is 28.4. The normalized spacial score (nSPS) is 16.6. The van der Waals surface area contributed by atoms with Gasteiger partial charge in [-0.3, -0.25) is 14.5 Å². The van der Waals surface area contributed by atoms with E-state index in [9.17, 15) is 9.59 Å². The molecule has 1 aromatic heterocycles. The lowest BCUT2D eigenvalue weighted by Gasteiger charge is -2.31. The van der Waals surface area contributed by atoms with Crippen molar-refractivity contribution in [2.45, 2.75) is 58.8 Å². The van der Waals surface area contributed by atoms with Gasteiger partial charge >= 0.3 is 0 Å². The molecule has 1 unspecified atom stereocenters. The van der Waals surface area contributed by atoms with Crippen molar-refractivity contribution < 1.29 is 9.53 Å². The average Bonchev–Trinajstić information content (AvgIpc) is 2.84. The average molecular weight is 463 g/mol. The molecule has 34 heavy (non-hydrogen) atoms. The van der Waals surface area contributed by atoms with Crippen LogP contribution < -0.4 is 10.9 Å². The van der Waals surface area contributed by atoms with Gasteiger partial charge in [0.15, 0.2) is 5.69 Å². The number of nitrogens with one attached hydrogen (secondary N) is 1. The zero-order valence-electron chi connectivity index (χ0n) is 20.1. The van der Waals surface area contributed by atoms with Crippen molar-refractivity contribution in [2.24, 2.45) is 0 Å². The number of unbranched alkanes of at least 4 members (excludes halogenated alkanes) is 2. The Kier molecular flexibility index (Phi) is 8.08. The van der Waals surface area contributed by atoms with Gasteiger partial charge in [-0.05, 0) is 30.5 Å². The maximum absolute atomic E-state index is 13.2. The second-order valence-electron chi connectivity index (χ2n) is 9.05. The van der Waals surface area contributed by atoms with E-state index in [2.05, 4.69) is 41.3 Å². The number of amides is 1. The molecule has 1 N–H and O–H groups in total. The Bertz CT molecular complexity index is 1190. The van der Waals surface area contributed by atoms with Crippen molar-refractivity contribution in [3.8, 4) is 0 Å². The number of aryl methyl sites for hydroxylation is 1. The zero-order valence-corrected chi connectivity index (χ0v) is 20.1. The van der Waals surface area contributed by atoms with Gasteiger partial charge in [0, 0.05) is 38.1 Å². The summed E-state index contributed by atoms with van der Waals surface area (Å²) in [6.45, 7) is 8.61. The Morgan fingerprint density at radius 3 is 2.71 bits per heavy atom.